The first kappa shape index (κ1) is 21.6. The van der Waals surface area contributed by atoms with Gasteiger partial charge < -0.3 is 15.0 Å². The van der Waals surface area contributed by atoms with Crippen LogP contribution in [0.1, 0.15) is 32.1 Å². The molecule has 4 rings (SSSR count). The lowest BCUT2D eigenvalue weighted by Gasteiger charge is -2.31. The average molecular weight is 455 g/mol. The number of hydrogen-bond acceptors (Lipinski definition) is 7. The molecule has 0 atom stereocenters. The van der Waals surface area contributed by atoms with Crippen molar-refractivity contribution in [2.24, 2.45) is 0 Å². The first-order chi connectivity index (χ1) is 15.2. The fraction of sp³-hybridized carbons (Fsp3) is 0.348. The fourth-order valence-corrected chi connectivity index (χ4v) is 5.27. The molecule has 1 aromatic heterocycles. The first-order valence-corrected chi connectivity index (χ1v) is 12.3. The Morgan fingerprint density at radius 1 is 1.06 bits per heavy atom. The number of nitrogens with one attached hydrogen (secondary N) is 1. The molecule has 1 fully saturated rings. The van der Waals surface area contributed by atoms with E-state index in [0.717, 1.165) is 34.4 Å². The molecule has 1 heterocycles. The molecule has 2 aromatic carbocycles. The van der Waals surface area contributed by atoms with Crippen molar-refractivity contribution in [1.82, 2.24) is 15.1 Å². The SMILES string of the molecule is CN(C(=O)CSc1nnc(Nc2ccc(Oc3ccccc3)cc2)s1)C1CCCCC1. The predicted molar refractivity (Wildman–Crippen MR) is 127 cm³/mol. The third kappa shape index (κ3) is 6.21. The highest BCUT2D eigenvalue weighted by Gasteiger charge is 2.22. The Labute approximate surface area is 191 Å². The normalized spacial score (nSPS) is 14.2. The molecule has 0 saturated heterocycles. The molecule has 3 aromatic rings. The summed E-state index contributed by atoms with van der Waals surface area (Å²) in [5.74, 6) is 2.13. The minimum absolute atomic E-state index is 0.163. The molecule has 0 bridgehead atoms. The zero-order chi connectivity index (χ0) is 21.5. The molecule has 0 unspecified atom stereocenters. The average Bonchev–Trinajstić information content (AvgIpc) is 3.27. The smallest absolute Gasteiger partial charge is 0.233 e. The topological polar surface area (TPSA) is 67.4 Å². The van der Waals surface area contributed by atoms with Gasteiger partial charge in [0.1, 0.15) is 11.5 Å². The maximum atomic E-state index is 12.5. The van der Waals surface area contributed by atoms with Crippen molar-refractivity contribution >= 4 is 39.8 Å². The lowest BCUT2D eigenvalue weighted by atomic mass is 9.94. The van der Waals surface area contributed by atoms with E-state index < -0.39 is 0 Å². The molecular formula is C23H26N4O2S2. The van der Waals surface area contributed by atoms with Crippen LogP contribution < -0.4 is 10.1 Å². The van der Waals surface area contributed by atoms with E-state index in [0.29, 0.717) is 16.9 Å². The van der Waals surface area contributed by atoms with Crippen LogP contribution >= 0.6 is 23.1 Å². The second-order valence-electron chi connectivity index (χ2n) is 7.52. The van der Waals surface area contributed by atoms with Gasteiger partial charge in [-0.1, -0.05) is 60.6 Å². The van der Waals surface area contributed by atoms with Crippen molar-refractivity contribution in [3.8, 4) is 11.5 Å². The molecule has 1 N–H and O–H groups in total. The van der Waals surface area contributed by atoms with Crippen molar-refractivity contribution < 1.29 is 9.53 Å². The molecule has 8 heteroatoms. The zero-order valence-electron chi connectivity index (χ0n) is 17.5. The van der Waals surface area contributed by atoms with Crippen LogP contribution in [0, 0.1) is 0 Å². The number of carbonyl (C=O) groups is 1. The number of hydrogen-bond donors (Lipinski definition) is 1. The molecule has 0 spiro atoms. The number of amides is 1. The third-order valence-corrected chi connectivity index (χ3v) is 7.28. The second-order valence-corrected chi connectivity index (χ2v) is 9.72. The largest absolute Gasteiger partial charge is 0.457 e. The van der Waals surface area contributed by atoms with Gasteiger partial charge in [0.2, 0.25) is 11.0 Å². The minimum Gasteiger partial charge on any atom is -0.457 e. The van der Waals surface area contributed by atoms with E-state index in [1.807, 2.05) is 66.5 Å². The number of benzene rings is 2. The first-order valence-electron chi connectivity index (χ1n) is 10.5. The number of rotatable bonds is 8. The lowest BCUT2D eigenvalue weighted by Crippen LogP contribution is -2.39. The minimum atomic E-state index is 0.163. The van der Waals surface area contributed by atoms with Crippen LogP contribution in [0.15, 0.2) is 58.9 Å². The Morgan fingerprint density at radius 2 is 1.77 bits per heavy atom. The van der Waals surface area contributed by atoms with E-state index in [4.69, 9.17) is 4.74 Å². The van der Waals surface area contributed by atoms with Gasteiger partial charge in [0.25, 0.3) is 0 Å². The van der Waals surface area contributed by atoms with Crippen molar-refractivity contribution in [2.75, 3.05) is 18.1 Å². The van der Waals surface area contributed by atoms with Gasteiger partial charge in [-0.25, -0.2) is 0 Å². The maximum Gasteiger partial charge on any atom is 0.233 e. The molecule has 6 nitrogen and oxygen atoms in total. The van der Waals surface area contributed by atoms with E-state index in [1.54, 1.807) is 0 Å². The predicted octanol–water partition coefficient (Wildman–Crippen LogP) is 5.96. The Morgan fingerprint density at radius 3 is 2.52 bits per heavy atom. The van der Waals surface area contributed by atoms with Crippen molar-refractivity contribution in [3.05, 3.63) is 54.6 Å². The van der Waals surface area contributed by atoms with Gasteiger partial charge in [0, 0.05) is 18.8 Å². The van der Waals surface area contributed by atoms with Crippen molar-refractivity contribution in [1.29, 1.82) is 0 Å². The Bertz CT molecular complexity index is 973. The summed E-state index contributed by atoms with van der Waals surface area (Å²) >= 11 is 2.90. The van der Waals surface area contributed by atoms with Crippen LogP contribution in [-0.2, 0) is 4.79 Å². The number of para-hydroxylation sites is 1. The monoisotopic (exact) mass is 454 g/mol. The molecular weight excluding hydrogens is 428 g/mol. The van der Waals surface area contributed by atoms with E-state index in [2.05, 4.69) is 15.5 Å². The number of thioether (sulfide) groups is 1. The van der Waals surface area contributed by atoms with Gasteiger partial charge in [-0.2, -0.15) is 0 Å². The standard InChI is InChI=1S/C23H26N4O2S2/c1-27(18-8-4-2-5-9-18)21(28)16-30-23-26-25-22(31-23)24-17-12-14-20(15-13-17)29-19-10-6-3-7-11-19/h3,6-7,10-15,18H,2,4-5,8-9,16H2,1H3,(H,24,25). The summed E-state index contributed by atoms with van der Waals surface area (Å²) in [7, 11) is 1.93. The van der Waals surface area contributed by atoms with Crippen LogP contribution in [-0.4, -0.2) is 39.8 Å². The van der Waals surface area contributed by atoms with Gasteiger partial charge in [0.15, 0.2) is 4.34 Å². The summed E-state index contributed by atoms with van der Waals surface area (Å²) in [6, 6.07) is 17.8. The summed E-state index contributed by atoms with van der Waals surface area (Å²) in [5.41, 5.74) is 0.904. The zero-order valence-corrected chi connectivity index (χ0v) is 19.1. The lowest BCUT2D eigenvalue weighted by molar-refractivity contribution is -0.129. The van der Waals surface area contributed by atoms with Crippen LogP contribution in [0.3, 0.4) is 0 Å². The summed E-state index contributed by atoms with van der Waals surface area (Å²) < 4.78 is 6.60. The highest BCUT2D eigenvalue weighted by molar-refractivity contribution is 8.01. The Hall–Kier alpha value is -2.58. The number of anilines is 2. The summed E-state index contributed by atoms with van der Waals surface area (Å²) in [6.07, 6.45) is 5.97. The van der Waals surface area contributed by atoms with Crippen LogP contribution in [0.4, 0.5) is 10.8 Å². The fourth-order valence-electron chi connectivity index (χ4n) is 3.57. The molecule has 162 valence electrons. The summed E-state index contributed by atoms with van der Waals surface area (Å²) in [5, 5.41) is 12.4. The number of ether oxygens (including phenoxy) is 1. The number of aromatic nitrogens is 2. The number of nitrogens with zero attached hydrogens (tertiary/aromatic N) is 3. The van der Waals surface area contributed by atoms with Crippen LogP contribution in [0.2, 0.25) is 0 Å². The van der Waals surface area contributed by atoms with Crippen LogP contribution in [0.25, 0.3) is 0 Å². The maximum absolute atomic E-state index is 12.5. The van der Waals surface area contributed by atoms with Gasteiger partial charge in [-0.3, -0.25) is 4.79 Å². The number of carbonyl (C=O) groups excluding carboxylic acids is 1. The van der Waals surface area contributed by atoms with E-state index >= 15 is 0 Å². The summed E-state index contributed by atoms with van der Waals surface area (Å²) in [4.78, 5) is 14.4. The molecule has 31 heavy (non-hydrogen) atoms. The van der Waals surface area contributed by atoms with Crippen molar-refractivity contribution in [2.45, 2.75) is 42.5 Å². The van der Waals surface area contributed by atoms with E-state index in [1.165, 1.54) is 42.4 Å². The molecule has 1 amide bonds. The van der Waals surface area contributed by atoms with Crippen LogP contribution in [0.5, 0.6) is 11.5 Å². The highest BCUT2D eigenvalue weighted by atomic mass is 32.2. The molecule has 1 aliphatic rings. The van der Waals surface area contributed by atoms with Gasteiger partial charge >= 0.3 is 0 Å². The Balaban J connectivity index is 1.26. The molecule has 0 radical (unpaired) electrons. The molecule has 1 aliphatic carbocycles. The van der Waals surface area contributed by atoms with E-state index in [-0.39, 0.29) is 5.91 Å². The molecule has 1 saturated carbocycles. The van der Waals surface area contributed by atoms with Gasteiger partial charge in [0.05, 0.1) is 5.75 Å². The quantitative estimate of drug-likeness (QED) is 0.424. The second kappa shape index (κ2) is 10.6. The Kier molecular flexibility index (Phi) is 7.43. The third-order valence-electron chi connectivity index (χ3n) is 5.33. The summed E-state index contributed by atoms with van der Waals surface area (Å²) in [6.45, 7) is 0. The molecule has 0 aliphatic heterocycles. The van der Waals surface area contributed by atoms with Gasteiger partial charge in [-0.05, 0) is 49.2 Å². The highest BCUT2D eigenvalue weighted by Crippen LogP contribution is 2.30. The van der Waals surface area contributed by atoms with E-state index in [9.17, 15) is 4.79 Å². The van der Waals surface area contributed by atoms with Crippen molar-refractivity contribution in [3.63, 3.8) is 0 Å². The van der Waals surface area contributed by atoms with Gasteiger partial charge in [-0.15, -0.1) is 10.2 Å².